The molecule has 0 radical (unpaired) electrons. The Hall–Kier alpha value is -4.85. The van der Waals surface area contributed by atoms with Crippen molar-refractivity contribution in [2.45, 2.75) is 26.4 Å². The Morgan fingerprint density at radius 3 is 2.51 bits per heavy atom. The van der Waals surface area contributed by atoms with Gasteiger partial charge in [0.1, 0.15) is 17.4 Å². The third-order valence-corrected chi connectivity index (χ3v) is 6.96. The third-order valence-electron chi connectivity index (χ3n) is 6.96. The van der Waals surface area contributed by atoms with E-state index in [1.807, 2.05) is 91.5 Å². The number of hydrogen-bond acceptors (Lipinski definition) is 3. The highest BCUT2D eigenvalue weighted by Crippen LogP contribution is 2.39. The van der Waals surface area contributed by atoms with E-state index in [0.717, 1.165) is 34.0 Å². The van der Waals surface area contributed by atoms with Crippen molar-refractivity contribution in [1.29, 1.82) is 0 Å². The molecule has 196 valence electrons. The molecule has 0 fully saturated rings. The molecule has 2 amide bonds. The van der Waals surface area contributed by atoms with Crippen LogP contribution in [0.4, 0.5) is 14.9 Å². The first-order valence-electron chi connectivity index (χ1n) is 12.9. The Morgan fingerprint density at radius 2 is 1.74 bits per heavy atom. The van der Waals surface area contributed by atoms with E-state index in [-0.39, 0.29) is 11.8 Å². The molecule has 0 aliphatic carbocycles. The zero-order chi connectivity index (χ0) is 26.9. The first-order chi connectivity index (χ1) is 19.0. The van der Waals surface area contributed by atoms with Gasteiger partial charge < -0.3 is 19.5 Å². The molecular weight excluding hydrogens is 493 g/mol. The first kappa shape index (κ1) is 24.5. The molecule has 5 aromatic rings. The number of halogens is 1. The van der Waals surface area contributed by atoms with Crippen LogP contribution >= 0.6 is 0 Å². The molecule has 0 unspecified atom stereocenters. The van der Waals surface area contributed by atoms with Gasteiger partial charge in [-0.1, -0.05) is 42.5 Å². The summed E-state index contributed by atoms with van der Waals surface area (Å²) < 4.78 is 23.7. The number of carbonyl (C=O) groups excluding carboxylic acids is 1. The number of aromatic nitrogens is 3. The second-order valence-electron chi connectivity index (χ2n) is 9.38. The van der Waals surface area contributed by atoms with Gasteiger partial charge >= 0.3 is 6.03 Å². The van der Waals surface area contributed by atoms with Crippen LogP contribution in [0.25, 0.3) is 11.5 Å². The molecule has 3 heterocycles. The van der Waals surface area contributed by atoms with E-state index >= 15 is 0 Å². The zero-order valence-corrected chi connectivity index (χ0v) is 21.7. The molecule has 1 N–H and O–H groups in total. The van der Waals surface area contributed by atoms with Crippen LogP contribution in [0.5, 0.6) is 5.75 Å². The summed E-state index contributed by atoms with van der Waals surface area (Å²) in [5, 5.41) is 7.94. The normalized spacial score (nSPS) is 14.3. The van der Waals surface area contributed by atoms with Crippen LogP contribution in [0.15, 0.2) is 97.2 Å². The maximum atomic E-state index is 14.1. The molecule has 0 saturated heterocycles. The number of amides is 2. The van der Waals surface area contributed by atoms with Crippen molar-refractivity contribution < 1.29 is 13.9 Å². The summed E-state index contributed by atoms with van der Waals surface area (Å²) >= 11 is 0. The lowest BCUT2D eigenvalue weighted by atomic mass is 10.0. The van der Waals surface area contributed by atoms with Crippen LogP contribution in [0.2, 0.25) is 0 Å². The molecule has 39 heavy (non-hydrogen) atoms. The van der Waals surface area contributed by atoms with E-state index in [9.17, 15) is 9.18 Å². The minimum absolute atomic E-state index is 0.292. The summed E-state index contributed by atoms with van der Waals surface area (Å²) in [4.78, 5) is 15.9. The van der Waals surface area contributed by atoms with Crippen molar-refractivity contribution in [2.24, 2.45) is 0 Å². The van der Waals surface area contributed by atoms with Crippen molar-refractivity contribution in [3.05, 3.63) is 126 Å². The number of benzene rings is 3. The van der Waals surface area contributed by atoms with Gasteiger partial charge in [0.15, 0.2) is 0 Å². The van der Waals surface area contributed by atoms with Gasteiger partial charge in [0.2, 0.25) is 0 Å². The zero-order valence-electron chi connectivity index (χ0n) is 21.7. The van der Waals surface area contributed by atoms with Gasteiger partial charge in [-0.05, 0) is 67.9 Å². The van der Waals surface area contributed by atoms with Gasteiger partial charge in [0, 0.05) is 11.8 Å². The summed E-state index contributed by atoms with van der Waals surface area (Å²) in [7, 11) is 0. The highest BCUT2D eigenvalue weighted by Gasteiger charge is 2.36. The molecule has 7 nitrogen and oxygen atoms in total. The van der Waals surface area contributed by atoms with Crippen molar-refractivity contribution in [3.63, 3.8) is 0 Å². The number of urea groups is 1. The van der Waals surface area contributed by atoms with Crippen LogP contribution in [-0.4, -0.2) is 31.9 Å². The Kier molecular flexibility index (Phi) is 6.36. The SMILES string of the molecule is CCOc1ccccc1NC(=O)N1Cc2c(C)nn(-c3ccccc3)c2-n2cccc2[C@@H]1c1ccc(F)cc1. The number of carbonyl (C=O) groups is 1. The van der Waals surface area contributed by atoms with Crippen LogP contribution in [0, 0.1) is 12.7 Å². The van der Waals surface area contributed by atoms with Gasteiger partial charge in [0.25, 0.3) is 0 Å². The quantitative estimate of drug-likeness (QED) is 0.282. The Bertz CT molecular complexity index is 1620. The van der Waals surface area contributed by atoms with E-state index in [2.05, 4.69) is 9.88 Å². The molecule has 0 bridgehead atoms. The molecule has 6 rings (SSSR count). The minimum Gasteiger partial charge on any atom is -0.492 e. The molecule has 1 atom stereocenters. The number of aryl methyl sites for hydroxylation is 1. The smallest absolute Gasteiger partial charge is 0.323 e. The molecule has 3 aromatic carbocycles. The number of anilines is 1. The summed E-state index contributed by atoms with van der Waals surface area (Å²) in [6, 6.07) is 26.8. The fraction of sp³-hybridized carbons (Fsp3) is 0.161. The number of hydrogen-bond donors (Lipinski definition) is 1. The number of nitrogens with zero attached hydrogens (tertiary/aromatic N) is 4. The van der Waals surface area contributed by atoms with Gasteiger partial charge in [-0.25, -0.2) is 13.9 Å². The van der Waals surface area contributed by atoms with Gasteiger partial charge in [-0.3, -0.25) is 0 Å². The predicted molar refractivity (Wildman–Crippen MR) is 148 cm³/mol. The molecule has 2 aromatic heterocycles. The highest BCUT2D eigenvalue weighted by atomic mass is 19.1. The van der Waals surface area contributed by atoms with E-state index in [0.29, 0.717) is 24.6 Å². The number of rotatable bonds is 5. The van der Waals surface area contributed by atoms with Crippen LogP contribution < -0.4 is 10.1 Å². The van der Waals surface area contributed by atoms with Crippen LogP contribution in [-0.2, 0) is 6.54 Å². The largest absolute Gasteiger partial charge is 0.492 e. The van der Waals surface area contributed by atoms with Gasteiger partial charge in [0.05, 0.1) is 42.0 Å². The first-order valence-corrected chi connectivity index (χ1v) is 12.9. The van der Waals surface area contributed by atoms with Crippen LogP contribution in [0.1, 0.15) is 35.5 Å². The van der Waals surface area contributed by atoms with Crippen molar-refractivity contribution >= 4 is 11.7 Å². The third kappa shape index (κ3) is 4.44. The van der Waals surface area contributed by atoms with Gasteiger partial charge in [-0.2, -0.15) is 5.10 Å². The van der Waals surface area contributed by atoms with E-state index in [4.69, 9.17) is 9.84 Å². The van der Waals surface area contributed by atoms with E-state index < -0.39 is 6.04 Å². The standard InChI is InChI=1S/C31H28FN5O2/c1-3-39-28-14-8-7-12-26(28)33-31(38)36-20-25-21(2)34-37(24-10-5-4-6-11-24)30(25)35-19-9-13-27(35)29(36)22-15-17-23(32)18-16-22/h4-19,29H,3,20H2,1-2H3,(H,33,38)/t29-/m0/s1. The summed E-state index contributed by atoms with van der Waals surface area (Å²) in [6.45, 7) is 4.63. The predicted octanol–water partition coefficient (Wildman–Crippen LogP) is 6.65. The number of nitrogens with one attached hydrogen (secondary N) is 1. The molecule has 1 aliphatic heterocycles. The lowest BCUT2D eigenvalue weighted by Gasteiger charge is -2.31. The average molecular weight is 522 g/mol. The number of para-hydroxylation sites is 3. The van der Waals surface area contributed by atoms with Crippen molar-refractivity contribution in [2.75, 3.05) is 11.9 Å². The molecular formula is C31H28FN5O2. The second kappa shape index (κ2) is 10.1. The molecule has 0 spiro atoms. The van der Waals surface area contributed by atoms with Crippen molar-refractivity contribution in [3.8, 4) is 17.3 Å². The fourth-order valence-corrected chi connectivity index (χ4v) is 5.18. The Balaban J connectivity index is 1.51. The lowest BCUT2D eigenvalue weighted by Crippen LogP contribution is -2.38. The lowest BCUT2D eigenvalue weighted by molar-refractivity contribution is 0.194. The average Bonchev–Trinajstić information content (AvgIpc) is 3.51. The topological polar surface area (TPSA) is 64.3 Å². The van der Waals surface area contributed by atoms with E-state index in [1.165, 1.54) is 12.1 Å². The highest BCUT2D eigenvalue weighted by molar-refractivity contribution is 5.91. The molecule has 8 heteroatoms. The maximum Gasteiger partial charge on any atom is 0.323 e. The minimum atomic E-state index is -0.490. The Morgan fingerprint density at radius 1 is 1.00 bits per heavy atom. The fourth-order valence-electron chi connectivity index (χ4n) is 5.18. The molecule has 0 saturated carbocycles. The summed E-state index contributed by atoms with van der Waals surface area (Å²) in [6.07, 6.45) is 1.98. The van der Waals surface area contributed by atoms with Gasteiger partial charge in [-0.15, -0.1) is 0 Å². The van der Waals surface area contributed by atoms with Crippen molar-refractivity contribution in [1.82, 2.24) is 19.2 Å². The molecule has 1 aliphatic rings. The monoisotopic (exact) mass is 521 g/mol. The number of fused-ring (bicyclic) bond motifs is 3. The van der Waals surface area contributed by atoms with E-state index in [1.54, 1.807) is 17.0 Å². The summed E-state index contributed by atoms with van der Waals surface area (Å²) in [5.74, 6) is 1.14. The second-order valence-corrected chi connectivity index (χ2v) is 9.38. The number of ether oxygens (including phenoxy) is 1. The summed E-state index contributed by atoms with van der Waals surface area (Å²) in [5.41, 5.74) is 4.91. The van der Waals surface area contributed by atoms with Crippen LogP contribution in [0.3, 0.4) is 0 Å². The Labute approximate surface area is 226 Å². The maximum absolute atomic E-state index is 14.1.